The molecule has 0 unspecified atom stereocenters. The van der Waals surface area contributed by atoms with Crippen LogP contribution in [0.5, 0.6) is 5.75 Å². The summed E-state index contributed by atoms with van der Waals surface area (Å²) in [5.41, 5.74) is 1.20. The third kappa shape index (κ3) is 6.30. The highest BCUT2D eigenvalue weighted by atomic mass is 16.5. The maximum absolute atomic E-state index is 11.6. The van der Waals surface area contributed by atoms with E-state index in [1.54, 1.807) is 0 Å². The summed E-state index contributed by atoms with van der Waals surface area (Å²) in [5, 5.41) is 5.64. The van der Waals surface area contributed by atoms with Gasteiger partial charge in [0, 0.05) is 25.4 Å². The summed E-state index contributed by atoms with van der Waals surface area (Å²) in [6.45, 7) is 5.66. The van der Waals surface area contributed by atoms with Crippen LogP contribution in [0.2, 0.25) is 0 Å². The number of benzene rings is 1. The van der Waals surface area contributed by atoms with Crippen LogP contribution in [0.4, 0.5) is 0 Å². The Morgan fingerprint density at radius 2 is 1.87 bits per heavy atom. The van der Waals surface area contributed by atoms with Crippen molar-refractivity contribution in [2.45, 2.75) is 33.1 Å². The summed E-state index contributed by atoms with van der Waals surface area (Å²) in [6.07, 6.45) is 2.05. The molecule has 2 rings (SSSR count). The molecule has 2 atom stereocenters. The van der Waals surface area contributed by atoms with Gasteiger partial charge in [0.05, 0.1) is 6.61 Å². The first-order valence-corrected chi connectivity index (χ1v) is 8.30. The van der Waals surface area contributed by atoms with Crippen molar-refractivity contribution in [1.82, 2.24) is 10.6 Å². The van der Waals surface area contributed by atoms with Gasteiger partial charge in [0.1, 0.15) is 5.75 Å². The minimum Gasteiger partial charge on any atom is -0.494 e. The molecule has 0 radical (unpaired) electrons. The topological polar surface area (TPSA) is 67.4 Å². The summed E-state index contributed by atoms with van der Waals surface area (Å²) in [5.74, 6) is 1.55. The molecule has 0 heterocycles. The monoisotopic (exact) mass is 318 g/mol. The molecule has 2 N–H and O–H groups in total. The fourth-order valence-electron chi connectivity index (χ4n) is 2.33. The number of carbonyl (C=O) groups is 2. The molecule has 0 aliphatic heterocycles. The van der Waals surface area contributed by atoms with Crippen molar-refractivity contribution in [2.75, 3.05) is 19.7 Å². The normalized spacial score (nSPS) is 19.0. The smallest absolute Gasteiger partial charge is 0.223 e. The zero-order chi connectivity index (χ0) is 16.7. The van der Waals surface area contributed by atoms with Crippen LogP contribution < -0.4 is 15.4 Å². The lowest BCUT2D eigenvalue weighted by molar-refractivity contribution is -0.123. The van der Waals surface area contributed by atoms with Crippen LogP contribution in [-0.2, 0) is 9.59 Å². The molecule has 1 fully saturated rings. The molecule has 5 nitrogen and oxygen atoms in total. The second-order valence-corrected chi connectivity index (χ2v) is 6.23. The van der Waals surface area contributed by atoms with E-state index in [0.717, 1.165) is 18.6 Å². The molecule has 126 valence electrons. The van der Waals surface area contributed by atoms with Crippen LogP contribution in [0.15, 0.2) is 24.3 Å². The van der Waals surface area contributed by atoms with Gasteiger partial charge >= 0.3 is 0 Å². The molecule has 1 aromatic rings. The molecule has 0 bridgehead atoms. The molecule has 1 aliphatic carbocycles. The summed E-state index contributed by atoms with van der Waals surface area (Å²) in [6, 6.07) is 7.90. The SMILES string of the molecule is Cc1ccc(OCCCNC(=O)CCNC(=O)[C@H]2C[C@@H]2C)cc1. The number of ether oxygens (including phenoxy) is 1. The zero-order valence-corrected chi connectivity index (χ0v) is 13.9. The van der Waals surface area contributed by atoms with Gasteiger partial charge in [0.25, 0.3) is 0 Å². The van der Waals surface area contributed by atoms with Crippen molar-refractivity contribution in [3.8, 4) is 5.75 Å². The minimum absolute atomic E-state index is 0.0375. The summed E-state index contributed by atoms with van der Waals surface area (Å²) in [7, 11) is 0. The van der Waals surface area contributed by atoms with Gasteiger partial charge in [-0.25, -0.2) is 0 Å². The van der Waals surface area contributed by atoms with E-state index in [2.05, 4.69) is 17.6 Å². The highest BCUT2D eigenvalue weighted by Gasteiger charge is 2.38. The van der Waals surface area contributed by atoms with Crippen LogP contribution >= 0.6 is 0 Å². The Labute approximate surface area is 137 Å². The van der Waals surface area contributed by atoms with Crippen molar-refractivity contribution < 1.29 is 14.3 Å². The first-order valence-electron chi connectivity index (χ1n) is 8.30. The van der Waals surface area contributed by atoms with E-state index in [1.165, 1.54) is 5.56 Å². The summed E-state index contributed by atoms with van der Waals surface area (Å²) < 4.78 is 5.59. The Bertz CT molecular complexity index is 528. The van der Waals surface area contributed by atoms with Gasteiger partial charge in [-0.15, -0.1) is 0 Å². The largest absolute Gasteiger partial charge is 0.494 e. The van der Waals surface area contributed by atoms with Gasteiger partial charge in [-0.3, -0.25) is 9.59 Å². The van der Waals surface area contributed by atoms with Crippen LogP contribution in [0, 0.1) is 18.8 Å². The maximum atomic E-state index is 11.6. The predicted molar refractivity (Wildman–Crippen MR) is 89.2 cm³/mol. The first kappa shape index (κ1) is 17.3. The molecule has 1 saturated carbocycles. The summed E-state index contributed by atoms with van der Waals surface area (Å²) >= 11 is 0. The molecular weight excluding hydrogens is 292 g/mol. The standard InChI is InChI=1S/C18H26N2O3/c1-13-4-6-15(7-5-13)23-11-3-9-19-17(21)8-10-20-18(22)16-12-14(16)2/h4-7,14,16H,3,8-12H2,1-2H3,(H,19,21)(H,20,22)/t14-,16-/m0/s1. The Kier molecular flexibility index (Phi) is 6.44. The second-order valence-electron chi connectivity index (χ2n) is 6.23. The molecular formula is C18H26N2O3. The predicted octanol–water partition coefficient (Wildman–Crippen LogP) is 2.04. The number of aryl methyl sites for hydroxylation is 1. The van der Waals surface area contributed by atoms with Crippen molar-refractivity contribution in [1.29, 1.82) is 0 Å². The van der Waals surface area contributed by atoms with E-state index < -0.39 is 0 Å². The Balaban J connectivity index is 1.46. The van der Waals surface area contributed by atoms with E-state index in [9.17, 15) is 9.59 Å². The van der Waals surface area contributed by atoms with Crippen molar-refractivity contribution in [3.05, 3.63) is 29.8 Å². The van der Waals surface area contributed by atoms with Crippen LogP contribution in [0.3, 0.4) is 0 Å². The average Bonchev–Trinajstić information content (AvgIpc) is 3.26. The highest BCUT2D eigenvalue weighted by Crippen LogP contribution is 2.37. The first-order chi connectivity index (χ1) is 11.1. The van der Waals surface area contributed by atoms with Gasteiger partial charge in [0.15, 0.2) is 0 Å². The van der Waals surface area contributed by atoms with Gasteiger partial charge in [0.2, 0.25) is 11.8 Å². The van der Waals surface area contributed by atoms with E-state index in [4.69, 9.17) is 4.74 Å². The number of carbonyl (C=O) groups excluding carboxylic acids is 2. The number of nitrogens with one attached hydrogen (secondary N) is 2. The summed E-state index contributed by atoms with van der Waals surface area (Å²) in [4.78, 5) is 23.2. The minimum atomic E-state index is -0.0375. The fourth-order valence-corrected chi connectivity index (χ4v) is 2.33. The fraction of sp³-hybridized carbons (Fsp3) is 0.556. The molecule has 0 saturated heterocycles. The van der Waals surface area contributed by atoms with Gasteiger partial charge in [-0.05, 0) is 37.8 Å². The number of amides is 2. The maximum Gasteiger partial charge on any atom is 0.223 e. The van der Waals surface area contributed by atoms with Crippen LogP contribution in [-0.4, -0.2) is 31.5 Å². The second kappa shape index (κ2) is 8.56. The zero-order valence-electron chi connectivity index (χ0n) is 13.9. The van der Waals surface area contributed by atoms with E-state index in [-0.39, 0.29) is 17.7 Å². The van der Waals surface area contributed by atoms with Crippen molar-refractivity contribution in [2.24, 2.45) is 11.8 Å². The molecule has 1 aliphatic rings. The lowest BCUT2D eigenvalue weighted by Gasteiger charge is -2.08. The van der Waals surface area contributed by atoms with Gasteiger partial charge in [-0.1, -0.05) is 24.6 Å². The molecule has 5 heteroatoms. The third-order valence-electron chi connectivity index (χ3n) is 4.03. The van der Waals surface area contributed by atoms with Crippen LogP contribution in [0.1, 0.15) is 31.7 Å². The number of hydrogen-bond acceptors (Lipinski definition) is 3. The van der Waals surface area contributed by atoms with Gasteiger partial charge in [-0.2, -0.15) is 0 Å². The molecule has 0 aromatic heterocycles. The quantitative estimate of drug-likeness (QED) is 0.685. The van der Waals surface area contributed by atoms with E-state index in [1.807, 2.05) is 31.2 Å². The number of hydrogen-bond donors (Lipinski definition) is 2. The van der Waals surface area contributed by atoms with E-state index in [0.29, 0.717) is 32.0 Å². The van der Waals surface area contributed by atoms with Crippen molar-refractivity contribution in [3.63, 3.8) is 0 Å². The Morgan fingerprint density at radius 1 is 1.17 bits per heavy atom. The lowest BCUT2D eigenvalue weighted by Crippen LogP contribution is -2.32. The molecule has 1 aromatic carbocycles. The van der Waals surface area contributed by atoms with Crippen molar-refractivity contribution >= 4 is 11.8 Å². The molecule has 0 spiro atoms. The van der Waals surface area contributed by atoms with Gasteiger partial charge < -0.3 is 15.4 Å². The average molecular weight is 318 g/mol. The highest BCUT2D eigenvalue weighted by molar-refractivity contribution is 5.82. The Hall–Kier alpha value is -2.04. The lowest BCUT2D eigenvalue weighted by atomic mass is 10.2. The molecule has 23 heavy (non-hydrogen) atoms. The van der Waals surface area contributed by atoms with Crippen LogP contribution in [0.25, 0.3) is 0 Å². The molecule has 2 amide bonds. The number of rotatable bonds is 9. The van der Waals surface area contributed by atoms with E-state index >= 15 is 0 Å². The third-order valence-corrected chi connectivity index (χ3v) is 4.03. The Morgan fingerprint density at radius 3 is 2.52 bits per heavy atom.